The van der Waals surface area contributed by atoms with E-state index < -0.39 is 0 Å². The molecule has 2 aliphatic heterocycles. The topological polar surface area (TPSA) is 29.5 Å². The van der Waals surface area contributed by atoms with Crippen LogP contribution in [0.3, 0.4) is 0 Å². The summed E-state index contributed by atoms with van der Waals surface area (Å²) in [5.74, 6) is 0.617. The number of hydrogen-bond acceptors (Lipinski definition) is 4. The zero-order valence-corrected chi connectivity index (χ0v) is 27.5. The van der Waals surface area contributed by atoms with Gasteiger partial charge in [0.05, 0.1) is 15.9 Å². The van der Waals surface area contributed by atoms with E-state index in [0.717, 1.165) is 39.1 Å². The molecule has 3 nitrogen and oxygen atoms in total. The van der Waals surface area contributed by atoms with Crippen LogP contribution in [0.5, 0.6) is 0 Å². The smallest absolute Gasteiger partial charge is 0.298 e. The number of para-hydroxylation sites is 3. The number of benzene rings is 5. The largest absolute Gasteiger partial charge is 0.439 e. The van der Waals surface area contributed by atoms with E-state index in [1.165, 1.54) is 37.4 Å². The van der Waals surface area contributed by atoms with Gasteiger partial charge in [0.25, 0.3) is 12.5 Å². The molecule has 5 aromatic carbocycles. The van der Waals surface area contributed by atoms with Crippen LogP contribution in [0.4, 0.5) is 17.1 Å². The van der Waals surface area contributed by atoms with Crippen LogP contribution in [0, 0.1) is 0 Å². The summed E-state index contributed by atoms with van der Waals surface area (Å²) in [6.45, 7) is 11.7. The molecule has 224 valence electrons. The molecule has 0 amide bonds. The summed E-state index contributed by atoms with van der Waals surface area (Å²) in [4.78, 5) is 4.86. The lowest BCUT2D eigenvalue weighted by atomic mass is 9.33. The van der Waals surface area contributed by atoms with Gasteiger partial charge in [-0.1, -0.05) is 119 Å². The molecule has 0 N–H and O–H groups in total. The normalized spacial score (nSPS) is 14.7. The second-order valence-corrected chi connectivity index (χ2v) is 15.2. The van der Waals surface area contributed by atoms with Gasteiger partial charge in [0.2, 0.25) is 0 Å². The predicted molar refractivity (Wildman–Crippen MR) is 193 cm³/mol. The summed E-state index contributed by atoms with van der Waals surface area (Å²) in [7, 11) is 0. The van der Waals surface area contributed by atoms with Crippen molar-refractivity contribution < 1.29 is 8.83 Å². The molecule has 9 rings (SSSR count). The maximum Gasteiger partial charge on any atom is 0.298 e. The molecule has 5 heteroatoms. The van der Waals surface area contributed by atoms with Crippen LogP contribution in [0.25, 0.3) is 22.1 Å². The number of furan rings is 2. The number of nitrogens with zero attached hydrogens (tertiary/aromatic N) is 1. The Morgan fingerprint density at radius 3 is 2.07 bits per heavy atom. The molecule has 2 aliphatic rings. The number of rotatable bonds is 3. The lowest BCUT2D eigenvalue weighted by Crippen LogP contribution is -2.62. The first-order valence-electron chi connectivity index (χ1n) is 16.1. The van der Waals surface area contributed by atoms with E-state index in [9.17, 15) is 0 Å². The van der Waals surface area contributed by atoms with E-state index in [4.69, 9.17) is 8.83 Å². The highest BCUT2D eigenvalue weighted by Gasteiger charge is 2.48. The molecule has 0 fully saturated rings. The van der Waals surface area contributed by atoms with Crippen molar-refractivity contribution in [3.05, 3.63) is 132 Å². The van der Waals surface area contributed by atoms with Gasteiger partial charge < -0.3 is 13.7 Å². The van der Waals surface area contributed by atoms with Gasteiger partial charge in [-0.2, -0.15) is 0 Å². The van der Waals surface area contributed by atoms with Crippen LogP contribution in [0.2, 0.25) is 0 Å². The monoisotopic (exact) mass is 615 g/mol. The molecule has 7 aromatic rings. The quantitative estimate of drug-likeness (QED) is 0.185. The maximum atomic E-state index is 6.77. The molecule has 46 heavy (non-hydrogen) atoms. The van der Waals surface area contributed by atoms with Gasteiger partial charge >= 0.3 is 0 Å². The number of anilines is 3. The minimum absolute atomic E-state index is 0.00550. The molecule has 0 spiro atoms. The summed E-state index contributed by atoms with van der Waals surface area (Å²) in [6.07, 6.45) is 0. The van der Waals surface area contributed by atoms with Crippen molar-refractivity contribution in [1.82, 2.24) is 0 Å². The van der Waals surface area contributed by atoms with Gasteiger partial charge in [0.15, 0.2) is 0 Å². The highest BCUT2D eigenvalue weighted by atomic mass is 32.2. The Kier molecular flexibility index (Phi) is 5.84. The molecule has 0 saturated carbocycles. The first-order chi connectivity index (χ1) is 22.2. The Balaban J connectivity index is 1.32. The third-order valence-corrected chi connectivity index (χ3v) is 11.1. The second-order valence-electron chi connectivity index (χ2n) is 14.2. The Hall–Kier alpha value is -4.61. The van der Waals surface area contributed by atoms with Crippen LogP contribution >= 0.6 is 11.8 Å². The molecule has 0 aliphatic carbocycles. The van der Waals surface area contributed by atoms with Crippen molar-refractivity contribution >= 4 is 74.3 Å². The Bertz CT molecular complexity index is 2270. The van der Waals surface area contributed by atoms with Crippen molar-refractivity contribution in [3.63, 3.8) is 0 Å². The van der Waals surface area contributed by atoms with Gasteiger partial charge in [-0.25, -0.2) is 0 Å². The highest BCUT2D eigenvalue weighted by Crippen LogP contribution is 2.47. The SMILES string of the molecule is CC(C)(C)c1cc2c3c(c1)C(C)(C)c1cc(N(c4ccccc4)c4ccccc4)ccc1B3c1oc3oc4ccccc4c3c1S2. The Morgan fingerprint density at radius 2 is 1.37 bits per heavy atom. The second kappa shape index (κ2) is 9.70. The Morgan fingerprint density at radius 1 is 0.696 bits per heavy atom. The average molecular weight is 616 g/mol. The molecular formula is C41H34BNO2S. The summed E-state index contributed by atoms with van der Waals surface area (Å²) in [5, 5.41) is 2.20. The van der Waals surface area contributed by atoms with Crippen molar-refractivity contribution in [2.75, 3.05) is 4.90 Å². The van der Waals surface area contributed by atoms with Crippen LogP contribution < -0.4 is 21.5 Å². The third-order valence-electron chi connectivity index (χ3n) is 9.97. The standard InChI is InChI=1S/C41H34BNO2S/c1-40(2,3)25-22-31-36-34(23-25)46-37-35-29-18-12-13-19-33(29)44-39(35)45-38(37)42(36)32-21-20-28(24-30(32)41(31,4)5)43(26-14-8-6-9-15-26)27-16-10-7-11-17-27/h6-24H,1-5H3. The Labute approximate surface area is 274 Å². The molecule has 4 heterocycles. The first-order valence-corrected chi connectivity index (χ1v) is 16.9. The first kappa shape index (κ1) is 27.7. The number of fused-ring (bicyclic) bond motifs is 8. The maximum absolute atomic E-state index is 6.77. The summed E-state index contributed by atoms with van der Waals surface area (Å²) in [6, 6.07) is 41.6. The lowest BCUT2D eigenvalue weighted by Gasteiger charge is -2.42. The molecule has 0 radical (unpaired) electrons. The zero-order valence-electron chi connectivity index (χ0n) is 26.7. The van der Waals surface area contributed by atoms with Crippen LogP contribution in [-0.4, -0.2) is 6.71 Å². The zero-order chi connectivity index (χ0) is 31.4. The fourth-order valence-electron chi connectivity index (χ4n) is 7.59. The van der Waals surface area contributed by atoms with Crippen LogP contribution in [0.1, 0.15) is 51.3 Å². The van der Waals surface area contributed by atoms with Crippen molar-refractivity contribution in [1.29, 1.82) is 0 Å². The molecule has 0 saturated heterocycles. The van der Waals surface area contributed by atoms with E-state index in [1.807, 2.05) is 23.9 Å². The average Bonchev–Trinajstić information content (AvgIpc) is 3.60. The van der Waals surface area contributed by atoms with Crippen LogP contribution in [-0.2, 0) is 10.8 Å². The van der Waals surface area contributed by atoms with E-state index in [0.29, 0.717) is 5.78 Å². The summed E-state index contributed by atoms with van der Waals surface area (Å²) < 4.78 is 13.1. The summed E-state index contributed by atoms with van der Waals surface area (Å²) in [5.41, 5.74) is 11.8. The van der Waals surface area contributed by atoms with Crippen molar-refractivity contribution in [2.24, 2.45) is 0 Å². The minimum Gasteiger partial charge on any atom is -0.439 e. The lowest BCUT2D eigenvalue weighted by molar-refractivity contribution is 0.515. The minimum atomic E-state index is -0.233. The van der Waals surface area contributed by atoms with Crippen LogP contribution in [0.15, 0.2) is 134 Å². The summed E-state index contributed by atoms with van der Waals surface area (Å²) >= 11 is 1.85. The van der Waals surface area contributed by atoms with Gasteiger partial charge in [-0.05, 0) is 76.1 Å². The fourth-order valence-corrected chi connectivity index (χ4v) is 8.89. The van der Waals surface area contributed by atoms with E-state index in [2.05, 4.69) is 143 Å². The van der Waals surface area contributed by atoms with E-state index >= 15 is 0 Å². The van der Waals surface area contributed by atoms with Gasteiger partial charge in [0.1, 0.15) is 5.58 Å². The van der Waals surface area contributed by atoms with Crippen molar-refractivity contribution in [3.8, 4) is 0 Å². The molecule has 2 aromatic heterocycles. The molecule has 0 bridgehead atoms. The van der Waals surface area contributed by atoms with Crippen molar-refractivity contribution in [2.45, 2.75) is 55.2 Å². The third kappa shape index (κ3) is 3.94. The predicted octanol–water partition coefficient (Wildman–Crippen LogP) is 9.57. The van der Waals surface area contributed by atoms with E-state index in [1.54, 1.807) is 0 Å². The fraction of sp³-hybridized carbons (Fsp3) is 0.171. The molecule has 0 unspecified atom stereocenters. The molecular weight excluding hydrogens is 581 g/mol. The number of hydrogen-bond donors (Lipinski definition) is 0. The van der Waals surface area contributed by atoms with Gasteiger partial charge in [0, 0.05) is 32.8 Å². The highest BCUT2D eigenvalue weighted by molar-refractivity contribution is 8.00. The van der Waals surface area contributed by atoms with E-state index in [-0.39, 0.29) is 17.5 Å². The van der Waals surface area contributed by atoms with Gasteiger partial charge in [-0.15, -0.1) is 0 Å². The van der Waals surface area contributed by atoms with Gasteiger partial charge in [-0.3, -0.25) is 0 Å². The molecule has 0 atom stereocenters.